The van der Waals surface area contributed by atoms with Gasteiger partial charge in [0.15, 0.2) is 6.79 Å². The number of rotatable bonds is 4. The van der Waals surface area contributed by atoms with Gasteiger partial charge in [0.2, 0.25) is 0 Å². The SMILES string of the molecule is O=C(O)c1ccc(OCO)cc1C(=O)O. The van der Waals surface area contributed by atoms with E-state index >= 15 is 0 Å². The Kier molecular flexibility index (Phi) is 3.25. The van der Waals surface area contributed by atoms with Gasteiger partial charge in [0.25, 0.3) is 0 Å². The summed E-state index contributed by atoms with van der Waals surface area (Å²) < 4.78 is 4.63. The van der Waals surface area contributed by atoms with E-state index in [-0.39, 0.29) is 16.9 Å². The number of hydrogen-bond donors (Lipinski definition) is 3. The predicted octanol–water partition coefficient (Wildman–Crippen LogP) is 0.412. The Bertz CT molecular complexity index is 398. The second-order valence-electron chi connectivity index (χ2n) is 2.59. The van der Waals surface area contributed by atoms with Crippen LogP contribution >= 0.6 is 0 Å². The van der Waals surface area contributed by atoms with E-state index in [0.717, 1.165) is 12.1 Å². The molecule has 15 heavy (non-hydrogen) atoms. The molecule has 6 nitrogen and oxygen atoms in total. The zero-order chi connectivity index (χ0) is 11.4. The molecule has 0 aliphatic carbocycles. The minimum atomic E-state index is -1.37. The number of carboxylic acids is 2. The summed E-state index contributed by atoms with van der Waals surface area (Å²) in [7, 11) is 0. The lowest BCUT2D eigenvalue weighted by molar-refractivity contribution is 0.0649. The van der Waals surface area contributed by atoms with E-state index in [2.05, 4.69) is 4.74 Å². The molecule has 0 aliphatic heterocycles. The Morgan fingerprint density at radius 3 is 2.20 bits per heavy atom. The molecule has 1 aromatic rings. The highest BCUT2D eigenvalue weighted by molar-refractivity contribution is 6.01. The third-order valence-corrected chi connectivity index (χ3v) is 1.68. The largest absolute Gasteiger partial charge is 0.478 e. The van der Waals surface area contributed by atoms with Gasteiger partial charge in [-0.1, -0.05) is 0 Å². The summed E-state index contributed by atoms with van der Waals surface area (Å²) in [6.45, 7) is -0.606. The molecule has 0 fully saturated rings. The highest BCUT2D eigenvalue weighted by atomic mass is 16.6. The second kappa shape index (κ2) is 4.43. The number of aliphatic hydroxyl groups excluding tert-OH is 1. The van der Waals surface area contributed by atoms with Crippen LogP contribution in [0.1, 0.15) is 20.7 Å². The van der Waals surface area contributed by atoms with Crippen molar-refractivity contribution >= 4 is 11.9 Å². The second-order valence-corrected chi connectivity index (χ2v) is 2.59. The first kappa shape index (κ1) is 11.0. The van der Waals surface area contributed by atoms with E-state index < -0.39 is 18.7 Å². The van der Waals surface area contributed by atoms with Crippen LogP contribution in [0.2, 0.25) is 0 Å². The number of carboxylic acid groups (broad SMARTS) is 2. The first-order valence-electron chi connectivity index (χ1n) is 3.90. The summed E-state index contributed by atoms with van der Waals surface area (Å²) in [6.07, 6.45) is 0. The highest BCUT2D eigenvalue weighted by Crippen LogP contribution is 2.18. The molecule has 0 spiro atoms. The highest BCUT2D eigenvalue weighted by Gasteiger charge is 2.16. The molecule has 1 aromatic carbocycles. The van der Waals surface area contributed by atoms with E-state index in [1.807, 2.05) is 0 Å². The van der Waals surface area contributed by atoms with Crippen LogP contribution in [0.3, 0.4) is 0 Å². The number of aliphatic hydroxyl groups is 1. The zero-order valence-electron chi connectivity index (χ0n) is 7.51. The quantitative estimate of drug-likeness (QED) is 0.624. The van der Waals surface area contributed by atoms with Crippen molar-refractivity contribution < 1.29 is 29.6 Å². The molecule has 0 atom stereocenters. The maximum atomic E-state index is 10.7. The monoisotopic (exact) mass is 212 g/mol. The van der Waals surface area contributed by atoms with E-state index in [1.165, 1.54) is 6.07 Å². The third kappa shape index (κ3) is 2.44. The summed E-state index contributed by atoms with van der Waals surface area (Å²) in [5, 5.41) is 25.8. The lowest BCUT2D eigenvalue weighted by Crippen LogP contribution is -2.08. The van der Waals surface area contributed by atoms with Crippen LogP contribution in [0.5, 0.6) is 5.75 Å². The molecule has 0 bridgehead atoms. The lowest BCUT2D eigenvalue weighted by atomic mass is 10.1. The molecule has 0 heterocycles. The van der Waals surface area contributed by atoms with Gasteiger partial charge >= 0.3 is 11.9 Å². The molecule has 0 aliphatic rings. The van der Waals surface area contributed by atoms with Crippen molar-refractivity contribution in [3.8, 4) is 5.75 Å². The van der Waals surface area contributed by atoms with Crippen LogP contribution in [-0.4, -0.2) is 34.1 Å². The maximum Gasteiger partial charge on any atom is 0.336 e. The molecule has 1 rings (SSSR count). The fourth-order valence-corrected chi connectivity index (χ4v) is 1.05. The van der Waals surface area contributed by atoms with Crippen molar-refractivity contribution in [2.75, 3.05) is 6.79 Å². The maximum absolute atomic E-state index is 10.7. The van der Waals surface area contributed by atoms with Gasteiger partial charge in [0.05, 0.1) is 11.1 Å². The summed E-state index contributed by atoms with van der Waals surface area (Å²) >= 11 is 0. The number of aromatic carboxylic acids is 2. The van der Waals surface area contributed by atoms with E-state index in [4.69, 9.17) is 15.3 Å². The predicted molar refractivity (Wildman–Crippen MR) is 48.1 cm³/mol. The molecule has 0 saturated carbocycles. The van der Waals surface area contributed by atoms with Crippen molar-refractivity contribution in [2.24, 2.45) is 0 Å². The molecule has 0 saturated heterocycles. The summed E-state index contributed by atoms with van der Waals surface area (Å²) in [4.78, 5) is 21.3. The Balaban J connectivity index is 3.21. The van der Waals surface area contributed by atoms with Crippen LogP contribution in [0.15, 0.2) is 18.2 Å². The zero-order valence-corrected chi connectivity index (χ0v) is 7.51. The number of benzene rings is 1. The summed E-state index contributed by atoms with van der Waals surface area (Å²) in [5.74, 6) is -2.60. The van der Waals surface area contributed by atoms with Crippen molar-refractivity contribution in [3.63, 3.8) is 0 Å². The van der Waals surface area contributed by atoms with Crippen molar-refractivity contribution in [1.29, 1.82) is 0 Å². The topological polar surface area (TPSA) is 104 Å². The van der Waals surface area contributed by atoms with Crippen molar-refractivity contribution in [3.05, 3.63) is 29.3 Å². The number of carbonyl (C=O) groups is 2. The molecule has 0 radical (unpaired) electrons. The van der Waals surface area contributed by atoms with Crippen molar-refractivity contribution in [1.82, 2.24) is 0 Å². The molecular formula is C9H8O6. The fourth-order valence-electron chi connectivity index (χ4n) is 1.05. The molecule has 0 amide bonds. The first-order valence-corrected chi connectivity index (χ1v) is 3.90. The van der Waals surface area contributed by atoms with Crippen LogP contribution in [0.25, 0.3) is 0 Å². The Hall–Kier alpha value is -2.08. The standard InChI is InChI=1S/C9H8O6/c10-4-15-5-1-2-6(8(11)12)7(3-5)9(13)14/h1-3,10H,4H2,(H,11,12)(H,13,14). The van der Waals surface area contributed by atoms with Gasteiger partial charge in [0.1, 0.15) is 5.75 Å². The van der Waals surface area contributed by atoms with Gasteiger partial charge in [-0.15, -0.1) is 0 Å². The van der Waals surface area contributed by atoms with E-state index in [1.54, 1.807) is 0 Å². The lowest BCUT2D eigenvalue weighted by Gasteiger charge is -2.05. The van der Waals surface area contributed by atoms with Gasteiger partial charge in [-0.05, 0) is 18.2 Å². The number of hydrogen-bond acceptors (Lipinski definition) is 4. The van der Waals surface area contributed by atoms with Gasteiger partial charge in [0, 0.05) is 0 Å². The van der Waals surface area contributed by atoms with Crippen LogP contribution in [0.4, 0.5) is 0 Å². The third-order valence-electron chi connectivity index (χ3n) is 1.68. The summed E-state index contributed by atoms with van der Waals surface area (Å²) in [6, 6.07) is 3.42. The molecule has 3 N–H and O–H groups in total. The average molecular weight is 212 g/mol. The Morgan fingerprint density at radius 2 is 1.73 bits per heavy atom. The fraction of sp³-hybridized carbons (Fsp3) is 0.111. The van der Waals surface area contributed by atoms with Gasteiger partial charge in [-0.25, -0.2) is 9.59 Å². The van der Waals surface area contributed by atoms with Crippen LogP contribution in [0, 0.1) is 0 Å². The Morgan fingerprint density at radius 1 is 1.13 bits per heavy atom. The molecule has 0 aromatic heterocycles. The normalized spacial score (nSPS) is 9.67. The van der Waals surface area contributed by atoms with Crippen LogP contribution < -0.4 is 4.74 Å². The molecule has 0 unspecified atom stereocenters. The van der Waals surface area contributed by atoms with Gasteiger partial charge < -0.3 is 20.1 Å². The molecule has 80 valence electrons. The summed E-state index contributed by atoms with van der Waals surface area (Å²) in [5.41, 5.74) is -0.707. The molecular weight excluding hydrogens is 204 g/mol. The van der Waals surface area contributed by atoms with Crippen molar-refractivity contribution in [2.45, 2.75) is 0 Å². The average Bonchev–Trinajstić information content (AvgIpc) is 2.17. The van der Waals surface area contributed by atoms with E-state index in [9.17, 15) is 9.59 Å². The number of ether oxygens (including phenoxy) is 1. The Labute approximate surface area is 84.3 Å². The first-order chi connectivity index (χ1) is 7.06. The molecule has 6 heteroatoms. The minimum Gasteiger partial charge on any atom is -0.478 e. The van der Waals surface area contributed by atoms with Crippen LogP contribution in [-0.2, 0) is 0 Å². The van der Waals surface area contributed by atoms with E-state index in [0.29, 0.717) is 0 Å². The minimum absolute atomic E-state index is 0.0971. The van der Waals surface area contributed by atoms with Gasteiger partial charge in [-0.2, -0.15) is 0 Å². The smallest absolute Gasteiger partial charge is 0.336 e. The van der Waals surface area contributed by atoms with Gasteiger partial charge in [-0.3, -0.25) is 0 Å².